The van der Waals surface area contributed by atoms with E-state index in [2.05, 4.69) is 4.98 Å². The summed E-state index contributed by atoms with van der Waals surface area (Å²) in [4.78, 5) is 17.9. The number of amides is 1. The molecular formula is C11H16Cl3N3O. The minimum atomic E-state index is -0.0413. The summed E-state index contributed by atoms with van der Waals surface area (Å²) in [6.07, 6.45) is 5.05. The first-order valence-electron chi connectivity index (χ1n) is 5.34. The number of halogens is 3. The molecule has 0 spiro atoms. The molecule has 2 rings (SSSR count). The van der Waals surface area contributed by atoms with Crippen LogP contribution in [-0.2, 0) is 0 Å². The average molecular weight is 313 g/mol. The van der Waals surface area contributed by atoms with Crippen molar-refractivity contribution in [2.24, 2.45) is 5.73 Å². The fraction of sp³-hybridized carbons (Fsp3) is 0.455. The highest BCUT2D eigenvalue weighted by molar-refractivity contribution is 6.33. The van der Waals surface area contributed by atoms with E-state index in [4.69, 9.17) is 17.3 Å². The van der Waals surface area contributed by atoms with Gasteiger partial charge in [-0.1, -0.05) is 11.6 Å². The van der Waals surface area contributed by atoms with Gasteiger partial charge in [-0.05, 0) is 18.9 Å². The Balaban J connectivity index is 0.00000144. The lowest BCUT2D eigenvalue weighted by Crippen LogP contribution is -2.40. The number of rotatable bonds is 2. The molecule has 2 N–H and O–H groups in total. The summed E-state index contributed by atoms with van der Waals surface area (Å²) >= 11 is 5.95. The minimum Gasteiger partial charge on any atom is -0.334 e. The van der Waals surface area contributed by atoms with Crippen LogP contribution in [0.3, 0.4) is 0 Å². The highest BCUT2D eigenvalue weighted by Crippen LogP contribution is 2.22. The highest BCUT2D eigenvalue weighted by atomic mass is 35.5. The Labute approximate surface area is 124 Å². The largest absolute Gasteiger partial charge is 0.334 e. The number of hydrogen-bond donors (Lipinski definition) is 1. The van der Waals surface area contributed by atoms with Crippen molar-refractivity contribution in [1.82, 2.24) is 9.88 Å². The fourth-order valence-corrected chi connectivity index (χ4v) is 2.25. The second-order valence-corrected chi connectivity index (χ2v) is 4.29. The summed E-state index contributed by atoms with van der Waals surface area (Å²) in [7, 11) is 0. The molecule has 2 heterocycles. The maximum Gasteiger partial charge on any atom is 0.255 e. The van der Waals surface area contributed by atoms with Gasteiger partial charge < -0.3 is 10.6 Å². The Morgan fingerprint density at radius 2 is 2.28 bits per heavy atom. The van der Waals surface area contributed by atoms with Crippen LogP contribution in [0.2, 0.25) is 5.02 Å². The molecule has 0 bridgehead atoms. The van der Waals surface area contributed by atoms with Crippen LogP contribution in [0, 0.1) is 0 Å². The van der Waals surface area contributed by atoms with Gasteiger partial charge in [0.05, 0.1) is 10.6 Å². The zero-order valence-electron chi connectivity index (χ0n) is 9.71. The van der Waals surface area contributed by atoms with Gasteiger partial charge in [0, 0.05) is 31.5 Å². The zero-order valence-corrected chi connectivity index (χ0v) is 12.1. The summed E-state index contributed by atoms with van der Waals surface area (Å²) in [5.41, 5.74) is 6.15. The van der Waals surface area contributed by atoms with E-state index < -0.39 is 0 Å². The van der Waals surface area contributed by atoms with E-state index in [0.29, 0.717) is 17.1 Å². The molecule has 1 saturated heterocycles. The Bertz CT molecular complexity index is 403. The van der Waals surface area contributed by atoms with Crippen molar-refractivity contribution >= 4 is 42.3 Å². The molecule has 102 valence electrons. The smallest absolute Gasteiger partial charge is 0.255 e. The number of carbonyl (C=O) groups excluding carboxylic acids is 1. The van der Waals surface area contributed by atoms with Gasteiger partial charge in [0.25, 0.3) is 5.91 Å². The molecule has 1 aliphatic rings. The van der Waals surface area contributed by atoms with Crippen LogP contribution in [0.1, 0.15) is 23.2 Å². The molecule has 0 aromatic carbocycles. The first kappa shape index (κ1) is 17.4. The molecule has 0 saturated carbocycles. The standard InChI is InChI=1S/C11H14ClN3O.2ClH/c12-10-7-14-4-3-9(10)11(16)15-5-1-2-8(15)6-13;;/h3-4,7-8H,1-2,5-6,13H2;2*1H. The molecule has 1 fully saturated rings. The molecular weight excluding hydrogens is 296 g/mol. The number of nitrogens with two attached hydrogens (primary N) is 1. The third-order valence-electron chi connectivity index (χ3n) is 2.91. The lowest BCUT2D eigenvalue weighted by molar-refractivity contribution is 0.0741. The van der Waals surface area contributed by atoms with Crippen LogP contribution in [-0.4, -0.2) is 34.9 Å². The van der Waals surface area contributed by atoms with E-state index in [1.54, 1.807) is 17.2 Å². The number of hydrogen-bond acceptors (Lipinski definition) is 3. The molecule has 0 aliphatic carbocycles. The van der Waals surface area contributed by atoms with Crippen LogP contribution in [0.5, 0.6) is 0 Å². The van der Waals surface area contributed by atoms with Crippen LogP contribution >= 0.6 is 36.4 Å². The van der Waals surface area contributed by atoms with E-state index in [-0.39, 0.29) is 36.8 Å². The predicted octanol–water partition coefficient (Wildman–Crippen LogP) is 2.14. The predicted molar refractivity (Wildman–Crippen MR) is 76.9 cm³/mol. The first-order chi connectivity index (χ1) is 7.74. The van der Waals surface area contributed by atoms with Crippen LogP contribution in [0.25, 0.3) is 0 Å². The van der Waals surface area contributed by atoms with E-state index in [1.165, 1.54) is 6.20 Å². The molecule has 18 heavy (non-hydrogen) atoms. The third-order valence-corrected chi connectivity index (χ3v) is 3.21. The molecule has 1 amide bonds. The Kier molecular flexibility index (Phi) is 7.55. The number of nitrogens with zero attached hydrogens (tertiary/aromatic N) is 2. The van der Waals surface area contributed by atoms with Gasteiger partial charge in [-0.15, -0.1) is 24.8 Å². The average Bonchev–Trinajstić information content (AvgIpc) is 2.77. The Morgan fingerprint density at radius 1 is 1.56 bits per heavy atom. The molecule has 1 unspecified atom stereocenters. The normalized spacial score (nSPS) is 17.9. The number of likely N-dealkylation sites (tertiary alicyclic amines) is 1. The summed E-state index contributed by atoms with van der Waals surface area (Å²) in [5, 5.41) is 0.398. The van der Waals surface area contributed by atoms with E-state index in [1.807, 2.05) is 0 Å². The number of aromatic nitrogens is 1. The van der Waals surface area contributed by atoms with Gasteiger partial charge in [0.15, 0.2) is 0 Å². The van der Waals surface area contributed by atoms with E-state index >= 15 is 0 Å². The van der Waals surface area contributed by atoms with Crippen LogP contribution < -0.4 is 5.73 Å². The second kappa shape index (κ2) is 7.79. The van der Waals surface area contributed by atoms with Crippen LogP contribution in [0.4, 0.5) is 0 Å². The maximum atomic E-state index is 12.2. The third kappa shape index (κ3) is 3.48. The van der Waals surface area contributed by atoms with Gasteiger partial charge in [-0.3, -0.25) is 9.78 Å². The van der Waals surface area contributed by atoms with E-state index in [0.717, 1.165) is 19.4 Å². The monoisotopic (exact) mass is 311 g/mol. The number of pyridine rings is 1. The lowest BCUT2D eigenvalue weighted by Gasteiger charge is -2.23. The SMILES string of the molecule is Cl.Cl.NCC1CCCN1C(=O)c1ccncc1Cl. The topological polar surface area (TPSA) is 59.2 Å². The number of carbonyl (C=O) groups is 1. The van der Waals surface area contributed by atoms with Gasteiger partial charge >= 0.3 is 0 Å². The maximum absolute atomic E-state index is 12.2. The highest BCUT2D eigenvalue weighted by Gasteiger charge is 2.29. The quantitative estimate of drug-likeness (QED) is 0.910. The van der Waals surface area contributed by atoms with Gasteiger partial charge in [-0.2, -0.15) is 0 Å². The molecule has 1 atom stereocenters. The summed E-state index contributed by atoms with van der Waals surface area (Å²) in [6, 6.07) is 1.80. The van der Waals surface area contributed by atoms with Crippen molar-refractivity contribution in [3.63, 3.8) is 0 Å². The minimum absolute atomic E-state index is 0. The molecule has 1 aliphatic heterocycles. The van der Waals surface area contributed by atoms with Crippen molar-refractivity contribution in [3.05, 3.63) is 29.0 Å². The second-order valence-electron chi connectivity index (χ2n) is 3.89. The molecule has 1 aromatic heterocycles. The molecule has 7 heteroatoms. The van der Waals surface area contributed by atoms with Crippen molar-refractivity contribution < 1.29 is 4.79 Å². The van der Waals surface area contributed by atoms with Crippen molar-refractivity contribution in [2.75, 3.05) is 13.1 Å². The van der Waals surface area contributed by atoms with Gasteiger partial charge in [-0.25, -0.2) is 0 Å². The zero-order chi connectivity index (χ0) is 11.5. The van der Waals surface area contributed by atoms with Crippen molar-refractivity contribution in [1.29, 1.82) is 0 Å². The molecule has 4 nitrogen and oxygen atoms in total. The van der Waals surface area contributed by atoms with Gasteiger partial charge in [0.1, 0.15) is 0 Å². The Hall–Kier alpha value is -0.550. The van der Waals surface area contributed by atoms with Crippen LogP contribution in [0.15, 0.2) is 18.5 Å². The summed E-state index contributed by atoms with van der Waals surface area (Å²) < 4.78 is 0. The summed E-state index contributed by atoms with van der Waals surface area (Å²) in [6.45, 7) is 1.27. The first-order valence-corrected chi connectivity index (χ1v) is 5.72. The fourth-order valence-electron chi connectivity index (χ4n) is 2.05. The summed E-state index contributed by atoms with van der Waals surface area (Å²) in [5.74, 6) is -0.0413. The van der Waals surface area contributed by atoms with E-state index in [9.17, 15) is 4.79 Å². The van der Waals surface area contributed by atoms with Gasteiger partial charge in [0.2, 0.25) is 0 Å². The lowest BCUT2D eigenvalue weighted by atomic mass is 10.2. The molecule has 0 radical (unpaired) electrons. The Morgan fingerprint density at radius 3 is 2.89 bits per heavy atom. The van der Waals surface area contributed by atoms with Crippen molar-refractivity contribution in [2.45, 2.75) is 18.9 Å². The van der Waals surface area contributed by atoms with Crippen molar-refractivity contribution in [3.8, 4) is 0 Å². The molecule has 1 aromatic rings.